The number of nitrogens with zero attached hydrogens (tertiary/aromatic N) is 5. The average molecular weight is 605 g/mol. The second-order valence-electron chi connectivity index (χ2n) is 13.0. The molecule has 3 fully saturated rings. The maximum Gasteiger partial charge on any atom is 0.418 e. The lowest BCUT2D eigenvalue weighted by Gasteiger charge is -2.44. The second kappa shape index (κ2) is 11.4. The minimum atomic E-state index is -4.48. The van der Waals surface area contributed by atoms with Gasteiger partial charge < -0.3 is 19.5 Å². The molecule has 4 aromatic rings. The number of fused-ring (bicyclic) bond motifs is 1. The van der Waals surface area contributed by atoms with Gasteiger partial charge in [-0.1, -0.05) is 6.42 Å². The first-order chi connectivity index (χ1) is 21.2. The highest BCUT2D eigenvalue weighted by Gasteiger charge is 2.40. The quantitative estimate of drug-likeness (QED) is 0.210. The van der Waals surface area contributed by atoms with Gasteiger partial charge in [0, 0.05) is 68.1 Å². The van der Waals surface area contributed by atoms with Gasteiger partial charge in [-0.25, -0.2) is 9.97 Å². The van der Waals surface area contributed by atoms with Crippen LogP contribution in [0.15, 0.2) is 42.6 Å². The van der Waals surface area contributed by atoms with Gasteiger partial charge in [0.05, 0.1) is 29.2 Å². The number of imidazole rings is 1. The first kappa shape index (κ1) is 29.1. The van der Waals surface area contributed by atoms with Gasteiger partial charge in [-0.05, 0) is 81.3 Å². The number of aromatic amines is 1. The van der Waals surface area contributed by atoms with Gasteiger partial charge in [0.15, 0.2) is 5.65 Å². The van der Waals surface area contributed by atoms with Gasteiger partial charge >= 0.3 is 6.18 Å². The van der Waals surface area contributed by atoms with Crippen molar-refractivity contribution in [2.75, 3.05) is 50.2 Å². The van der Waals surface area contributed by atoms with E-state index in [-0.39, 0.29) is 17.0 Å². The molecule has 0 unspecified atom stereocenters. The summed E-state index contributed by atoms with van der Waals surface area (Å²) >= 11 is 0. The zero-order valence-electron chi connectivity index (χ0n) is 25.4. The second-order valence-corrected chi connectivity index (χ2v) is 13.0. The molecule has 2 aliphatic carbocycles. The van der Waals surface area contributed by atoms with Crippen LogP contribution in [0.1, 0.15) is 68.5 Å². The Kier molecular flexibility index (Phi) is 7.51. The maximum atomic E-state index is 14.1. The summed E-state index contributed by atoms with van der Waals surface area (Å²) in [6.45, 7) is 3.56. The zero-order chi connectivity index (χ0) is 30.5. The van der Waals surface area contributed by atoms with Crippen LogP contribution in [0.3, 0.4) is 0 Å². The van der Waals surface area contributed by atoms with Crippen LogP contribution >= 0.6 is 0 Å². The number of hydrogen-bond acceptors (Lipinski definition) is 6. The van der Waals surface area contributed by atoms with E-state index in [9.17, 15) is 13.2 Å². The molecule has 7 rings (SSSR count). The van der Waals surface area contributed by atoms with Crippen molar-refractivity contribution in [1.29, 1.82) is 0 Å². The number of aromatic nitrogens is 4. The van der Waals surface area contributed by atoms with E-state index in [1.807, 2.05) is 13.1 Å². The fourth-order valence-electron chi connectivity index (χ4n) is 6.98. The van der Waals surface area contributed by atoms with E-state index in [0.29, 0.717) is 29.3 Å². The lowest BCUT2D eigenvalue weighted by molar-refractivity contribution is -0.138. The van der Waals surface area contributed by atoms with E-state index in [1.165, 1.54) is 37.2 Å². The van der Waals surface area contributed by atoms with Crippen LogP contribution < -0.4 is 9.80 Å². The van der Waals surface area contributed by atoms with Crippen LogP contribution in [0.5, 0.6) is 0 Å². The summed E-state index contributed by atoms with van der Waals surface area (Å²) in [6.07, 6.45) is 5.55. The number of halogens is 3. The lowest BCUT2D eigenvalue weighted by atomic mass is 9.69. The summed E-state index contributed by atoms with van der Waals surface area (Å²) in [4.78, 5) is 22.1. The Labute approximate surface area is 255 Å². The predicted molar refractivity (Wildman–Crippen MR) is 167 cm³/mol. The third kappa shape index (κ3) is 5.64. The van der Waals surface area contributed by atoms with Crippen molar-refractivity contribution >= 4 is 22.5 Å². The minimum absolute atomic E-state index is 0.0450. The molecule has 1 saturated heterocycles. The number of rotatable bonds is 9. The monoisotopic (exact) mass is 604 g/mol. The number of hydrogen-bond donors (Lipinski definition) is 1. The molecular formula is C34H39F3N6O. The van der Waals surface area contributed by atoms with Crippen LogP contribution in [0.4, 0.5) is 24.5 Å². The Bertz CT molecular complexity index is 1640. The van der Waals surface area contributed by atoms with Crippen molar-refractivity contribution in [1.82, 2.24) is 19.9 Å². The fourth-order valence-corrected chi connectivity index (χ4v) is 6.98. The summed E-state index contributed by atoms with van der Waals surface area (Å²) in [6, 6.07) is 11.5. The minimum Gasteiger partial charge on any atom is -0.384 e. The first-order valence-electron chi connectivity index (χ1n) is 15.8. The topological polar surface area (TPSA) is 70.2 Å². The van der Waals surface area contributed by atoms with Crippen LogP contribution in [-0.2, 0) is 10.9 Å². The maximum absolute atomic E-state index is 14.1. The van der Waals surface area contributed by atoms with Crippen molar-refractivity contribution in [2.45, 2.75) is 63.5 Å². The normalized spacial score (nSPS) is 18.4. The molecule has 0 bridgehead atoms. The molecule has 7 nitrogen and oxygen atoms in total. The molecule has 10 heteroatoms. The van der Waals surface area contributed by atoms with E-state index in [2.05, 4.69) is 44.0 Å². The molecule has 0 atom stereocenters. The lowest BCUT2D eigenvalue weighted by Crippen LogP contribution is -2.44. The van der Waals surface area contributed by atoms with Crippen molar-refractivity contribution in [3.05, 3.63) is 53.9 Å². The number of H-pyrrole nitrogens is 1. The molecule has 1 aromatic carbocycles. The van der Waals surface area contributed by atoms with Crippen molar-refractivity contribution in [3.8, 4) is 22.6 Å². The summed E-state index contributed by atoms with van der Waals surface area (Å²) in [5.41, 5.74) is 4.49. The molecule has 44 heavy (non-hydrogen) atoms. The zero-order valence-corrected chi connectivity index (χ0v) is 25.4. The highest BCUT2D eigenvalue weighted by Crippen LogP contribution is 2.46. The Morgan fingerprint density at radius 2 is 1.75 bits per heavy atom. The van der Waals surface area contributed by atoms with Gasteiger partial charge in [0.2, 0.25) is 0 Å². The standard InChI is InChI=1S/C34H39F3N6O/c1-42(20-33(21-44-2)13-6-14-33)28-18-27(24-17-26(34(35,36)37)29(38-19-24)22-7-8-22)39-32-30(28)40-31(41-32)23-9-11-25(12-10-23)43-15-4-3-5-16-43/h9-12,17-19,22H,3-8,13-16,20-21H2,1-2H3,(H,39,40,41). The molecule has 3 aromatic heterocycles. The smallest absolute Gasteiger partial charge is 0.384 e. The van der Waals surface area contributed by atoms with Crippen molar-refractivity contribution < 1.29 is 17.9 Å². The van der Waals surface area contributed by atoms with Crippen LogP contribution in [-0.4, -0.2) is 60.3 Å². The highest BCUT2D eigenvalue weighted by molar-refractivity contribution is 5.91. The summed E-state index contributed by atoms with van der Waals surface area (Å²) < 4.78 is 48.0. The Morgan fingerprint density at radius 1 is 1.00 bits per heavy atom. The van der Waals surface area contributed by atoms with Gasteiger partial charge in [0.25, 0.3) is 0 Å². The molecule has 2 saturated carbocycles. The number of pyridine rings is 2. The van der Waals surface area contributed by atoms with E-state index in [1.54, 1.807) is 7.11 Å². The molecule has 0 spiro atoms. The van der Waals surface area contributed by atoms with Crippen molar-refractivity contribution in [3.63, 3.8) is 0 Å². The average Bonchev–Trinajstić information content (AvgIpc) is 3.77. The van der Waals surface area contributed by atoms with Crippen molar-refractivity contribution in [2.24, 2.45) is 5.41 Å². The molecule has 1 N–H and O–H groups in total. The fraction of sp³-hybridized carbons (Fsp3) is 0.500. The number of nitrogens with one attached hydrogen (secondary N) is 1. The predicted octanol–water partition coefficient (Wildman–Crippen LogP) is 7.83. The van der Waals surface area contributed by atoms with E-state index >= 15 is 0 Å². The Hall–Kier alpha value is -3.66. The van der Waals surface area contributed by atoms with E-state index in [0.717, 1.165) is 68.5 Å². The number of anilines is 2. The van der Waals surface area contributed by atoms with Crippen LogP contribution in [0.2, 0.25) is 0 Å². The number of ether oxygens (including phenoxy) is 1. The van der Waals surface area contributed by atoms with Gasteiger partial charge in [0.1, 0.15) is 11.3 Å². The van der Waals surface area contributed by atoms with Gasteiger partial charge in [-0.2, -0.15) is 13.2 Å². The molecule has 4 heterocycles. The molecule has 232 valence electrons. The summed E-state index contributed by atoms with van der Waals surface area (Å²) in [7, 11) is 3.76. The molecule has 0 radical (unpaired) electrons. The van der Waals surface area contributed by atoms with Gasteiger partial charge in [-0.15, -0.1) is 0 Å². The molecular weight excluding hydrogens is 565 g/mol. The SMILES string of the molecule is COCC1(CN(C)c2cc(-c3cnc(C4CC4)c(C(F)(F)F)c3)nc3nc(-c4ccc(N5CCCCC5)cc4)[nH]c23)CCC1. The highest BCUT2D eigenvalue weighted by atomic mass is 19.4. The summed E-state index contributed by atoms with van der Waals surface area (Å²) in [5, 5.41) is 0. The van der Waals surface area contributed by atoms with E-state index < -0.39 is 11.7 Å². The van der Waals surface area contributed by atoms with Crippen LogP contribution in [0, 0.1) is 5.41 Å². The van der Waals surface area contributed by atoms with E-state index in [4.69, 9.17) is 14.7 Å². The number of benzene rings is 1. The third-order valence-electron chi connectivity index (χ3n) is 9.63. The Morgan fingerprint density at radius 3 is 2.39 bits per heavy atom. The summed E-state index contributed by atoms with van der Waals surface area (Å²) in [5.74, 6) is 0.561. The first-order valence-corrected chi connectivity index (χ1v) is 15.8. The number of piperidine rings is 1. The molecule has 0 amide bonds. The third-order valence-corrected chi connectivity index (χ3v) is 9.63. The molecule has 1 aliphatic heterocycles. The Balaban J connectivity index is 1.29. The molecule has 3 aliphatic rings. The number of methoxy groups -OCH3 is 1. The number of alkyl halides is 3. The van der Waals surface area contributed by atoms with Crippen LogP contribution in [0.25, 0.3) is 33.8 Å². The largest absolute Gasteiger partial charge is 0.418 e. The van der Waals surface area contributed by atoms with Gasteiger partial charge in [-0.3, -0.25) is 4.98 Å².